The molecule has 2 unspecified atom stereocenters. The van der Waals surface area contributed by atoms with Crippen LogP contribution in [-0.4, -0.2) is 11.6 Å². The molecule has 1 aromatic rings. The molecule has 0 spiro atoms. The zero-order chi connectivity index (χ0) is 11.7. The predicted octanol–water partition coefficient (Wildman–Crippen LogP) is 1.37. The molecule has 0 radical (unpaired) electrons. The number of carbonyl (C=O) groups excluding carboxylic acids is 1. The topological polar surface area (TPSA) is 67.5 Å². The van der Waals surface area contributed by atoms with Crippen LogP contribution in [0.3, 0.4) is 0 Å². The van der Waals surface area contributed by atoms with Crippen molar-refractivity contribution < 1.29 is 4.79 Å². The lowest BCUT2D eigenvalue weighted by Gasteiger charge is -2.25. The number of nitrogens with zero attached hydrogens (tertiary/aromatic N) is 1. The van der Waals surface area contributed by atoms with Crippen LogP contribution < -0.4 is 11.2 Å². The average molecular weight is 217 g/mol. The van der Waals surface area contributed by atoms with Crippen LogP contribution >= 0.6 is 0 Å². The molecule has 4 nitrogen and oxygen atoms in total. The molecule has 0 aromatic heterocycles. The maximum Gasteiger partial charge on any atom is 0.243 e. The third-order valence-corrected chi connectivity index (χ3v) is 3.06. The molecule has 0 aliphatic carbocycles. The highest BCUT2D eigenvalue weighted by molar-refractivity contribution is 6.06. The van der Waals surface area contributed by atoms with E-state index in [2.05, 4.69) is 10.5 Å². The van der Waals surface area contributed by atoms with Crippen LogP contribution in [0.4, 0.5) is 5.69 Å². The molecule has 3 N–H and O–H groups in total. The molecule has 2 rings (SSSR count). The maximum atomic E-state index is 11.4. The Morgan fingerprint density at radius 1 is 1.31 bits per heavy atom. The molecule has 0 fully saturated rings. The number of hydrogen-bond donors (Lipinski definition) is 2. The van der Waals surface area contributed by atoms with Gasteiger partial charge in [-0.2, -0.15) is 5.10 Å². The third-order valence-electron chi connectivity index (χ3n) is 3.06. The van der Waals surface area contributed by atoms with Gasteiger partial charge in [0.2, 0.25) is 5.91 Å². The fourth-order valence-electron chi connectivity index (χ4n) is 1.81. The van der Waals surface area contributed by atoms with Crippen LogP contribution in [0.25, 0.3) is 0 Å². The lowest BCUT2D eigenvalue weighted by Crippen LogP contribution is -2.39. The van der Waals surface area contributed by atoms with E-state index in [0.29, 0.717) is 5.69 Å². The zero-order valence-electron chi connectivity index (χ0n) is 9.40. The zero-order valence-corrected chi connectivity index (χ0v) is 9.40. The highest BCUT2D eigenvalue weighted by atomic mass is 16.2. The Balaban J connectivity index is 2.38. The normalized spacial score (nSPS) is 24.9. The van der Waals surface area contributed by atoms with E-state index in [4.69, 9.17) is 5.73 Å². The largest absolute Gasteiger partial charge is 0.399 e. The summed E-state index contributed by atoms with van der Waals surface area (Å²) in [6, 6.07) is 7.55. The Morgan fingerprint density at radius 2 is 2.06 bits per heavy atom. The number of carbonyl (C=O) groups is 1. The number of rotatable bonds is 1. The molecule has 4 heteroatoms. The van der Waals surface area contributed by atoms with Gasteiger partial charge < -0.3 is 5.73 Å². The number of hydrogen-bond acceptors (Lipinski definition) is 3. The van der Waals surface area contributed by atoms with Crippen molar-refractivity contribution >= 4 is 17.3 Å². The van der Waals surface area contributed by atoms with Crippen molar-refractivity contribution in [2.45, 2.75) is 13.8 Å². The van der Waals surface area contributed by atoms with Crippen LogP contribution in [0.1, 0.15) is 19.4 Å². The third kappa shape index (κ3) is 1.78. The second kappa shape index (κ2) is 3.96. The monoisotopic (exact) mass is 217 g/mol. The van der Waals surface area contributed by atoms with E-state index < -0.39 is 0 Å². The van der Waals surface area contributed by atoms with E-state index >= 15 is 0 Å². The van der Waals surface area contributed by atoms with Gasteiger partial charge in [-0.15, -0.1) is 0 Å². The highest BCUT2D eigenvalue weighted by Gasteiger charge is 2.29. The number of anilines is 1. The summed E-state index contributed by atoms with van der Waals surface area (Å²) in [6.45, 7) is 3.91. The number of benzene rings is 1. The highest BCUT2D eigenvalue weighted by Crippen LogP contribution is 2.22. The molecule has 84 valence electrons. The van der Waals surface area contributed by atoms with Gasteiger partial charge in [0.05, 0.1) is 5.71 Å². The molecule has 1 heterocycles. The average Bonchev–Trinajstić information content (AvgIpc) is 2.26. The molecular formula is C12H15N3O. The Hall–Kier alpha value is -1.84. The molecule has 1 amide bonds. The van der Waals surface area contributed by atoms with Crippen molar-refractivity contribution in [2.24, 2.45) is 16.9 Å². The summed E-state index contributed by atoms with van der Waals surface area (Å²) in [7, 11) is 0. The van der Waals surface area contributed by atoms with Crippen LogP contribution in [0, 0.1) is 11.8 Å². The minimum Gasteiger partial charge on any atom is -0.399 e. The molecule has 0 saturated carbocycles. The summed E-state index contributed by atoms with van der Waals surface area (Å²) in [5.74, 6) is 0.0182. The Bertz CT molecular complexity index is 453. The molecule has 0 bridgehead atoms. The van der Waals surface area contributed by atoms with Crippen molar-refractivity contribution in [1.82, 2.24) is 5.43 Å². The number of hydrazone groups is 1. The maximum absolute atomic E-state index is 11.4. The summed E-state index contributed by atoms with van der Waals surface area (Å²) >= 11 is 0. The molecule has 16 heavy (non-hydrogen) atoms. The van der Waals surface area contributed by atoms with Gasteiger partial charge in [0.15, 0.2) is 0 Å². The quantitative estimate of drug-likeness (QED) is 0.698. The number of nitrogens with two attached hydrogens (primary N) is 1. The summed E-state index contributed by atoms with van der Waals surface area (Å²) in [6.07, 6.45) is 0. The van der Waals surface area contributed by atoms with Crippen molar-refractivity contribution in [2.75, 3.05) is 5.73 Å². The predicted molar refractivity (Wildman–Crippen MR) is 63.9 cm³/mol. The fourth-order valence-corrected chi connectivity index (χ4v) is 1.81. The molecule has 1 aliphatic heterocycles. The second-order valence-corrected chi connectivity index (χ2v) is 4.18. The molecular weight excluding hydrogens is 202 g/mol. The van der Waals surface area contributed by atoms with Gasteiger partial charge in [0.25, 0.3) is 0 Å². The van der Waals surface area contributed by atoms with Crippen LogP contribution in [-0.2, 0) is 4.79 Å². The lowest BCUT2D eigenvalue weighted by molar-refractivity contribution is -0.125. The van der Waals surface area contributed by atoms with Gasteiger partial charge in [-0.25, -0.2) is 5.43 Å². The molecule has 1 aliphatic rings. The first-order valence-corrected chi connectivity index (χ1v) is 5.33. The summed E-state index contributed by atoms with van der Waals surface area (Å²) < 4.78 is 0. The number of nitrogen functional groups attached to an aromatic ring is 1. The summed E-state index contributed by atoms with van der Waals surface area (Å²) in [4.78, 5) is 11.4. The van der Waals surface area contributed by atoms with Gasteiger partial charge in [-0.05, 0) is 12.1 Å². The van der Waals surface area contributed by atoms with E-state index in [0.717, 1.165) is 11.3 Å². The molecule has 2 atom stereocenters. The molecule has 0 saturated heterocycles. The SMILES string of the molecule is CC1C(=O)NN=C(c2cccc(N)c2)C1C. The van der Waals surface area contributed by atoms with E-state index in [1.807, 2.05) is 38.1 Å². The van der Waals surface area contributed by atoms with Crippen LogP contribution in [0.2, 0.25) is 0 Å². The van der Waals surface area contributed by atoms with E-state index in [1.165, 1.54) is 0 Å². The minimum absolute atomic E-state index is 0.0276. The smallest absolute Gasteiger partial charge is 0.243 e. The van der Waals surface area contributed by atoms with Gasteiger partial charge in [0, 0.05) is 23.1 Å². The van der Waals surface area contributed by atoms with E-state index in [1.54, 1.807) is 0 Å². The lowest BCUT2D eigenvalue weighted by atomic mass is 9.86. The van der Waals surface area contributed by atoms with Crippen LogP contribution in [0.5, 0.6) is 0 Å². The summed E-state index contributed by atoms with van der Waals surface area (Å²) in [5, 5.41) is 4.11. The van der Waals surface area contributed by atoms with Crippen LogP contribution in [0.15, 0.2) is 29.4 Å². The van der Waals surface area contributed by atoms with Crippen molar-refractivity contribution in [3.05, 3.63) is 29.8 Å². The number of amides is 1. The minimum atomic E-state index is -0.0612. The standard InChI is InChI=1S/C12H15N3O/c1-7-8(2)12(16)15-14-11(7)9-4-3-5-10(13)6-9/h3-8H,13H2,1-2H3,(H,15,16). The van der Waals surface area contributed by atoms with Gasteiger partial charge in [-0.3, -0.25) is 4.79 Å². The molecule has 1 aromatic carbocycles. The van der Waals surface area contributed by atoms with Gasteiger partial charge in [0.1, 0.15) is 0 Å². The van der Waals surface area contributed by atoms with Gasteiger partial charge in [-0.1, -0.05) is 26.0 Å². The van der Waals surface area contributed by atoms with Crippen molar-refractivity contribution in [3.8, 4) is 0 Å². The first-order chi connectivity index (χ1) is 7.59. The Morgan fingerprint density at radius 3 is 2.75 bits per heavy atom. The van der Waals surface area contributed by atoms with Crippen molar-refractivity contribution in [1.29, 1.82) is 0 Å². The first kappa shape index (κ1) is 10.7. The Labute approximate surface area is 94.5 Å². The second-order valence-electron chi connectivity index (χ2n) is 4.18. The summed E-state index contributed by atoms with van der Waals surface area (Å²) in [5.41, 5.74) is 10.8. The Kier molecular flexibility index (Phi) is 2.64. The first-order valence-electron chi connectivity index (χ1n) is 5.33. The van der Waals surface area contributed by atoms with E-state index in [-0.39, 0.29) is 17.7 Å². The van der Waals surface area contributed by atoms with E-state index in [9.17, 15) is 4.79 Å². The van der Waals surface area contributed by atoms with Crippen molar-refractivity contribution in [3.63, 3.8) is 0 Å². The fraction of sp³-hybridized carbons (Fsp3) is 0.333. The number of nitrogens with one attached hydrogen (secondary N) is 1. The van der Waals surface area contributed by atoms with Gasteiger partial charge >= 0.3 is 0 Å².